The molecule has 1 unspecified atom stereocenters. The Balaban J connectivity index is 2.18. The predicted molar refractivity (Wildman–Crippen MR) is 75.6 cm³/mol. The summed E-state index contributed by atoms with van der Waals surface area (Å²) in [6, 6.07) is 4.77. The van der Waals surface area contributed by atoms with Crippen LogP contribution in [0.25, 0.3) is 0 Å². The van der Waals surface area contributed by atoms with Crippen LogP contribution in [0.2, 0.25) is 0 Å². The van der Waals surface area contributed by atoms with Crippen LogP contribution >= 0.6 is 0 Å². The minimum absolute atomic E-state index is 0.231. The molecule has 0 radical (unpaired) electrons. The molecule has 0 spiro atoms. The minimum Gasteiger partial charge on any atom is -0.497 e. The fraction of sp³-hybridized carbons (Fsp3) is 0.429. The Hall–Kier alpha value is -2.12. The van der Waals surface area contributed by atoms with Gasteiger partial charge in [0.15, 0.2) is 0 Å². The highest BCUT2D eigenvalue weighted by Crippen LogP contribution is 2.23. The van der Waals surface area contributed by atoms with Crippen molar-refractivity contribution in [1.29, 1.82) is 0 Å². The molecule has 1 heterocycles. The number of amides is 1. The number of carbonyl (C=O) groups is 2. The molecule has 1 amide bonds. The smallest absolute Gasteiger partial charge is 0.340 e. The molecule has 1 atom stereocenters. The van der Waals surface area contributed by atoms with E-state index in [9.17, 15) is 9.59 Å². The van der Waals surface area contributed by atoms with E-state index >= 15 is 0 Å². The van der Waals surface area contributed by atoms with Gasteiger partial charge in [-0.05, 0) is 18.2 Å². The van der Waals surface area contributed by atoms with Gasteiger partial charge in [0, 0.05) is 13.1 Å². The Kier molecular flexibility index (Phi) is 5.13. The number of rotatable bonds is 4. The highest BCUT2D eigenvalue weighted by Gasteiger charge is 2.23. The summed E-state index contributed by atoms with van der Waals surface area (Å²) in [6.07, 6.45) is -0.577. The first-order chi connectivity index (χ1) is 10.2. The first kappa shape index (κ1) is 15.3. The van der Waals surface area contributed by atoms with Crippen molar-refractivity contribution >= 4 is 17.6 Å². The molecule has 0 saturated carbocycles. The van der Waals surface area contributed by atoms with Gasteiger partial charge < -0.3 is 24.8 Å². The fourth-order valence-electron chi connectivity index (χ4n) is 1.99. The molecule has 2 N–H and O–H groups in total. The summed E-state index contributed by atoms with van der Waals surface area (Å²) in [5.41, 5.74) is 0.593. The summed E-state index contributed by atoms with van der Waals surface area (Å²) < 4.78 is 15.2. The molecule has 21 heavy (non-hydrogen) atoms. The number of nitrogens with one attached hydrogen (secondary N) is 2. The second-order valence-corrected chi connectivity index (χ2v) is 4.46. The zero-order valence-electron chi connectivity index (χ0n) is 12.0. The number of esters is 1. The lowest BCUT2D eigenvalue weighted by atomic mass is 10.1. The van der Waals surface area contributed by atoms with E-state index < -0.39 is 12.1 Å². The van der Waals surface area contributed by atoms with Crippen LogP contribution in [0.15, 0.2) is 18.2 Å². The SMILES string of the molecule is COC(=O)c1cc(OC)ccc1NC(=O)C1CNCCO1. The highest BCUT2D eigenvalue weighted by molar-refractivity contribution is 6.02. The van der Waals surface area contributed by atoms with Crippen LogP contribution < -0.4 is 15.4 Å². The lowest BCUT2D eigenvalue weighted by Crippen LogP contribution is -2.45. The summed E-state index contributed by atoms with van der Waals surface area (Å²) in [5.74, 6) is -0.353. The molecule has 0 aliphatic carbocycles. The van der Waals surface area contributed by atoms with Crippen LogP contribution in [0.1, 0.15) is 10.4 Å². The van der Waals surface area contributed by atoms with Crippen LogP contribution in [0.4, 0.5) is 5.69 Å². The molecule has 0 bridgehead atoms. The topological polar surface area (TPSA) is 85.9 Å². The third-order valence-corrected chi connectivity index (χ3v) is 3.11. The summed E-state index contributed by atoms with van der Waals surface area (Å²) >= 11 is 0. The standard InChI is InChI=1S/C14H18N2O5/c1-19-9-3-4-11(10(7-9)14(18)20-2)16-13(17)12-8-15-5-6-21-12/h3-4,7,12,15H,5-6,8H2,1-2H3,(H,16,17). The number of morpholine rings is 1. The van der Waals surface area contributed by atoms with E-state index in [1.54, 1.807) is 12.1 Å². The maximum Gasteiger partial charge on any atom is 0.340 e. The fourth-order valence-corrected chi connectivity index (χ4v) is 1.99. The number of benzene rings is 1. The van der Waals surface area contributed by atoms with E-state index in [4.69, 9.17) is 14.2 Å². The Morgan fingerprint density at radius 2 is 2.19 bits per heavy atom. The van der Waals surface area contributed by atoms with Gasteiger partial charge in [0.2, 0.25) is 0 Å². The van der Waals surface area contributed by atoms with Crippen LogP contribution in [-0.2, 0) is 14.3 Å². The third-order valence-electron chi connectivity index (χ3n) is 3.11. The summed E-state index contributed by atoms with van der Waals surface area (Å²) in [5, 5.41) is 5.76. The van der Waals surface area contributed by atoms with Gasteiger partial charge in [-0.3, -0.25) is 4.79 Å². The van der Waals surface area contributed by atoms with Crippen LogP contribution in [0.5, 0.6) is 5.75 Å². The average Bonchev–Trinajstić information content (AvgIpc) is 2.55. The van der Waals surface area contributed by atoms with Gasteiger partial charge in [0.05, 0.1) is 32.1 Å². The predicted octanol–water partition coefficient (Wildman–Crippen LogP) is 0.409. The molecule has 1 aliphatic rings. The zero-order chi connectivity index (χ0) is 15.2. The van der Waals surface area contributed by atoms with Gasteiger partial charge in [-0.1, -0.05) is 0 Å². The van der Waals surface area contributed by atoms with E-state index in [0.717, 1.165) is 6.54 Å². The molecule has 1 aromatic rings. The number of hydrogen-bond acceptors (Lipinski definition) is 6. The molecule has 2 rings (SSSR count). The molecular formula is C14H18N2O5. The molecular weight excluding hydrogens is 276 g/mol. The Morgan fingerprint density at radius 1 is 1.38 bits per heavy atom. The number of methoxy groups -OCH3 is 2. The normalized spacial score (nSPS) is 17.9. The number of anilines is 1. The maximum atomic E-state index is 12.1. The van der Waals surface area contributed by atoms with Gasteiger partial charge in [0.25, 0.3) is 5.91 Å². The van der Waals surface area contributed by atoms with E-state index in [0.29, 0.717) is 24.6 Å². The quantitative estimate of drug-likeness (QED) is 0.782. The molecule has 1 aromatic carbocycles. The van der Waals surface area contributed by atoms with E-state index in [2.05, 4.69) is 10.6 Å². The molecule has 7 heteroatoms. The Bertz CT molecular complexity index is 526. The van der Waals surface area contributed by atoms with Crippen molar-refractivity contribution < 1.29 is 23.8 Å². The lowest BCUT2D eigenvalue weighted by Gasteiger charge is -2.23. The largest absolute Gasteiger partial charge is 0.497 e. The Morgan fingerprint density at radius 3 is 2.81 bits per heavy atom. The number of hydrogen-bond donors (Lipinski definition) is 2. The highest BCUT2D eigenvalue weighted by atomic mass is 16.5. The van der Waals surface area contributed by atoms with Crippen LogP contribution in [0.3, 0.4) is 0 Å². The molecule has 1 saturated heterocycles. The number of ether oxygens (including phenoxy) is 3. The van der Waals surface area contributed by atoms with Crippen molar-refractivity contribution in [3.63, 3.8) is 0 Å². The Labute approximate surface area is 122 Å². The third kappa shape index (κ3) is 3.71. The molecule has 114 valence electrons. The van der Waals surface area contributed by atoms with Crippen molar-refractivity contribution in [3.8, 4) is 5.75 Å². The van der Waals surface area contributed by atoms with Gasteiger partial charge in [-0.25, -0.2) is 4.79 Å². The molecule has 1 aliphatic heterocycles. The summed E-state index contributed by atoms with van der Waals surface area (Å²) in [6.45, 7) is 1.64. The first-order valence-corrected chi connectivity index (χ1v) is 6.55. The van der Waals surface area contributed by atoms with E-state index in [-0.39, 0.29) is 11.5 Å². The van der Waals surface area contributed by atoms with E-state index in [1.807, 2.05) is 0 Å². The van der Waals surface area contributed by atoms with Crippen LogP contribution in [0, 0.1) is 0 Å². The van der Waals surface area contributed by atoms with Gasteiger partial charge in [-0.15, -0.1) is 0 Å². The van der Waals surface area contributed by atoms with Crippen molar-refractivity contribution in [2.75, 3.05) is 39.2 Å². The maximum absolute atomic E-state index is 12.1. The first-order valence-electron chi connectivity index (χ1n) is 6.55. The second kappa shape index (κ2) is 7.05. The second-order valence-electron chi connectivity index (χ2n) is 4.46. The van der Waals surface area contributed by atoms with Crippen LogP contribution in [-0.4, -0.2) is 51.9 Å². The van der Waals surface area contributed by atoms with Crippen molar-refractivity contribution in [2.45, 2.75) is 6.10 Å². The van der Waals surface area contributed by atoms with Crippen molar-refractivity contribution in [3.05, 3.63) is 23.8 Å². The molecule has 7 nitrogen and oxygen atoms in total. The monoisotopic (exact) mass is 294 g/mol. The zero-order valence-corrected chi connectivity index (χ0v) is 12.0. The van der Waals surface area contributed by atoms with Crippen molar-refractivity contribution in [2.24, 2.45) is 0 Å². The summed E-state index contributed by atoms with van der Waals surface area (Å²) in [7, 11) is 2.78. The van der Waals surface area contributed by atoms with Crippen molar-refractivity contribution in [1.82, 2.24) is 5.32 Å². The minimum atomic E-state index is -0.577. The van der Waals surface area contributed by atoms with Gasteiger partial charge in [0.1, 0.15) is 11.9 Å². The molecule has 0 aromatic heterocycles. The van der Waals surface area contributed by atoms with Gasteiger partial charge in [-0.2, -0.15) is 0 Å². The van der Waals surface area contributed by atoms with Gasteiger partial charge >= 0.3 is 5.97 Å². The summed E-state index contributed by atoms with van der Waals surface area (Å²) in [4.78, 5) is 23.9. The lowest BCUT2D eigenvalue weighted by molar-refractivity contribution is -0.128. The molecule has 1 fully saturated rings. The average molecular weight is 294 g/mol. The van der Waals surface area contributed by atoms with E-state index in [1.165, 1.54) is 20.3 Å². The number of carbonyl (C=O) groups excluding carboxylic acids is 2.